The zero-order valence-electron chi connectivity index (χ0n) is 10.8. The molecule has 0 saturated heterocycles. The maximum Gasteiger partial charge on any atom is 0.336 e. The lowest BCUT2D eigenvalue weighted by atomic mass is 10.2. The number of nitrogens with one attached hydrogen (secondary N) is 2. The number of aromatic amines is 1. The summed E-state index contributed by atoms with van der Waals surface area (Å²) in [5, 5.41) is 27.6. The number of nitrogens with zero attached hydrogens (tertiary/aromatic N) is 3. The average Bonchev–Trinajstić information content (AvgIpc) is 3.17. The van der Waals surface area contributed by atoms with Crippen molar-refractivity contribution in [1.29, 1.82) is 0 Å². The number of benzene rings is 1. The number of aromatic carboxylic acids is 1. The molecule has 0 atom stereocenters. The first-order chi connectivity index (χ1) is 10.2. The van der Waals surface area contributed by atoms with E-state index in [1.807, 2.05) is 24.3 Å². The van der Waals surface area contributed by atoms with Gasteiger partial charge in [-0.25, -0.2) is 4.79 Å². The number of H-pyrrole nitrogens is 1. The van der Waals surface area contributed by atoms with Crippen molar-refractivity contribution in [3.05, 3.63) is 46.2 Å². The molecular weight excluding hydrogens is 290 g/mol. The van der Waals surface area contributed by atoms with Gasteiger partial charge in [-0.2, -0.15) is 5.21 Å². The van der Waals surface area contributed by atoms with Gasteiger partial charge in [-0.05, 0) is 23.4 Å². The van der Waals surface area contributed by atoms with Crippen LogP contribution >= 0.6 is 11.3 Å². The SMILES string of the molecule is O=C(O)c1csc(CNc2cccc(-c3nn[nH]n3)c2)c1. The van der Waals surface area contributed by atoms with Crippen LogP contribution in [0.3, 0.4) is 0 Å². The molecule has 0 aliphatic rings. The minimum atomic E-state index is -0.906. The van der Waals surface area contributed by atoms with E-state index in [0.29, 0.717) is 17.9 Å². The fourth-order valence-electron chi connectivity index (χ4n) is 1.83. The van der Waals surface area contributed by atoms with E-state index in [1.54, 1.807) is 11.4 Å². The summed E-state index contributed by atoms with van der Waals surface area (Å²) in [5.41, 5.74) is 2.08. The van der Waals surface area contributed by atoms with Gasteiger partial charge in [-0.15, -0.1) is 21.5 Å². The van der Waals surface area contributed by atoms with Crippen molar-refractivity contribution < 1.29 is 9.90 Å². The zero-order chi connectivity index (χ0) is 14.7. The van der Waals surface area contributed by atoms with Crippen LogP contribution in [-0.2, 0) is 6.54 Å². The van der Waals surface area contributed by atoms with Gasteiger partial charge in [0.1, 0.15) is 0 Å². The number of hydrogen-bond donors (Lipinski definition) is 3. The molecule has 2 aromatic heterocycles. The third-order valence-corrected chi connectivity index (χ3v) is 3.77. The Labute approximate surface area is 123 Å². The van der Waals surface area contributed by atoms with Gasteiger partial charge < -0.3 is 10.4 Å². The highest BCUT2D eigenvalue weighted by molar-refractivity contribution is 7.10. The molecule has 2 heterocycles. The molecule has 0 radical (unpaired) electrons. The molecule has 0 aliphatic carbocycles. The van der Waals surface area contributed by atoms with Crippen molar-refractivity contribution >= 4 is 23.0 Å². The fraction of sp³-hybridized carbons (Fsp3) is 0.0769. The molecule has 0 saturated carbocycles. The number of tetrazole rings is 1. The summed E-state index contributed by atoms with van der Waals surface area (Å²) >= 11 is 1.42. The summed E-state index contributed by atoms with van der Waals surface area (Å²) in [5.74, 6) is -0.375. The number of thiophene rings is 1. The Kier molecular flexibility index (Phi) is 3.61. The molecule has 0 fully saturated rings. The van der Waals surface area contributed by atoms with E-state index in [1.165, 1.54) is 11.3 Å². The minimum absolute atomic E-state index is 0.317. The Morgan fingerprint density at radius 3 is 3.00 bits per heavy atom. The highest BCUT2D eigenvalue weighted by atomic mass is 32.1. The van der Waals surface area contributed by atoms with Crippen LogP contribution in [-0.4, -0.2) is 31.7 Å². The number of carboxylic acid groups (broad SMARTS) is 1. The molecule has 0 bridgehead atoms. The smallest absolute Gasteiger partial charge is 0.336 e. The van der Waals surface area contributed by atoms with E-state index in [-0.39, 0.29) is 0 Å². The Balaban J connectivity index is 1.70. The van der Waals surface area contributed by atoms with Crippen LogP contribution < -0.4 is 5.32 Å². The van der Waals surface area contributed by atoms with Crippen molar-refractivity contribution in [2.45, 2.75) is 6.54 Å². The predicted octanol–water partition coefficient (Wildman–Crippen LogP) is 2.24. The first-order valence-corrected chi connectivity index (χ1v) is 6.99. The van der Waals surface area contributed by atoms with Crippen LogP contribution in [0.4, 0.5) is 5.69 Å². The van der Waals surface area contributed by atoms with Crippen molar-refractivity contribution in [2.75, 3.05) is 5.32 Å². The van der Waals surface area contributed by atoms with Gasteiger partial charge in [0, 0.05) is 28.1 Å². The highest BCUT2D eigenvalue weighted by Gasteiger charge is 2.07. The summed E-state index contributed by atoms with van der Waals surface area (Å²) in [6.07, 6.45) is 0. The number of carboxylic acids is 1. The second-order valence-electron chi connectivity index (χ2n) is 4.28. The molecule has 0 spiro atoms. The van der Waals surface area contributed by atoms with Gasteiger partial charge in [0.2, 0.25) is 5.82 Å². The monoisotopic (exact) mass is 301 g/mol. The van der Waals surface area contributed by atoms with E-state index in [9.17, 15) is 4.79 Å². The molecular formula is C13H11N5O2S. The molecule has 7 nitrogen and oxygen atoms in total. The molecule has 0 unspecified atom stereocenters. The summed E-state index contributed by atoms with van der Waals surface area (Å²) in [4.78, 5) is 11.8. The van der Waals surface area contributed by atoms with Crippen LogP contribution in [0.25, 0.3) is 11.4 Å². The molecule has 0 amide bonds. The van der Waals surface area contributed by atoms with E-state index in [0.717, 1.165) is 16.1 Å². The van der Waals surface area contributed by atoms with E-state index >= 15 is 0 Å². The maximum atomic E-state index is 10.8. The van der Waals surface area contributed by atoms with Crippen molar-refractivity contribution in [2.24, 2.45) is 0 Å². The average molecular weight is 301 g/mol. The second kappa shape index (κ2) is 5.71. The topological polar surface area (TPSA) is 104 Å². The van der Waals surface area contributed by atoms with E-state index in [2.05, 4.69) is 25.9 Å². The maximum absolute atomic E-state index is 10.8. The van der Waals surface area contributed by atoms with Crippen LogP contribution in [0.2, 0.25) is 0 Å². The van der Waals surface area contributed by atoms with Gasteiger partial charge >= 0.3 is 5.97 Å². The lowest BCUT2D eigenvalue weighted by Crippen LogP contribution is -1.98. The van der Waals surface area contributed by atoms with Gasteiger partial charge in [0.25, 0.3) is 0 Å². The van der Waals surface area contributed by atoms with Crippen LogP contribution in [0.1, 0.15) is 15.2 Å². The number of carbonyl (C=O) groups is 1. The van der Waals surface area contributed by atoms with Gasteiger partial charge in [-0.1, -0.05) is 12.1 Å². The minimum Gasteiger partial charge on any atom is -0.478 e. The molecule has 3 aromatic rings. The number of anilines is 1. The summed E-state index contributed by atoms with van der Waals surface area (Å²) in [6, 6.07) is 9.30. The Morgan fingerprint density at radius 2 is 2.29 bits per heavy atom. The first-order valence-electron chi connectivity index (χ1n) is 6.11. The largest absolute Gasteiger partial charge is 0.478 e. The Hall–Kier alpha value is -2.74. The number of aromatic nitrogens is 4. The summed E-state index contributed by atoms with van der Waals surface area (Å²) in [6.45, 7) is 0.563. The summed E-state index contributed by atoms with van der Waals surface area (Å²) < 4.78 is 0. The molecule has 1 aromatic carbocycles. The summed E-state index contributed by atoms with van der Waals surface area (Å²) in [7, 11) is 0. The van der Waals surface area contributed by atoms with Crippen molar-refractivity contribution in [3.63, 3.8) is 0 Å². The standard InChI is InChI=1S/C13H11N5O2S/c19-13(20)9-5-11(21-7-9)6-14-10-3-1-2-8(4-10)12-15-17-18-16-12/h1-5,7,14H,6H2,(H,19,20)(H,15,16,17,18). The quantitative estimate of drug-likeness (QED) is 0.667. The Bertz CT molecular complexity index is 754. The molecule has 3 rings (SSSR count). The molecule has 3 N–H and O–H groups in total. The second-order valence-corrected chi connectivity index (χ2v) is 5.27. The molecule has 106 valence electrons. The molecule has 8 heteroatoms. The van der Waals surface area contributed by atoms with Gasteiger partial charge in [0.05, 0.1) is 5.56 Å². The van der Waals surface area contributed by atoms with Crippen molar-refractivity contribution in [1.82, 2.24) is 20.6 Å². The third kappa shape index (κ3) is 3.06. The lowest BCUT2D eigenvalue weighted by Gasteiger charge is -2.05. The molecule has 21 heavy (non-hydrogen) atoms. The molecule has 0 aliphatic heterocycles. The van der Waals surface area contributed by atoms with Gasteiger partial charge in [0.15, 0.2) is 0 Å². The lowest BCUT2D eigenvalue weighted by molar-refractivity contribution is 0.0697. The normalized spacial score (nSPS) is 10.5. The number of hydrogen-bond acceptors (Lipinski definition) is 6. The predicted molar refractivity (Wildman–Crippen MR) is 78.2 cm³/mol. The van der Waals surface area contributed by atoms with Crippen LogP contribution in [0.15, 0.2) is 35.7 Å². The van der Waals surface area contributed by atoms with E-state index < -0.39 is 5.97 Å². The van der Waals surface area contributed by atoms with Crippen LogP contribution in [0, 0.1) is 0 Å². The van der Waals surface area contributed by atoms with Gasteiger partial charge in [-0.3, -0.25) is 0 Å². The fourth-order valence-corrected chi connectivity index (χ4v) is 2.62. The van der Waals surface area contributed by atoms with Crippen molar-refractivity contribution in [3.8, 4) is 11.4 Å². The zero-order valence-corrected chi connectivity index (χ0v) is 11.6. The first kappa shape index (κ1) is 13.3. The van der Waals surface area contributed by atoms with E-state index in [4.69, 9.17) is 5.11 Å². The highest BCUT2D eigenvalue weighted by Crippen LogP contribution is 2.20. The Morgan fingerprint density at radius 1 is 1.38 bits per heavy atom. The third-order valence-electron chi connectivity index (χ3n) is 2.83. The number of rotatable bonds is 5. The van der Waals surface area contributed by atoms with Crippen LogP contribution in [0.5, 0.6) is 0 Å².